The van der Waals surface area contributed by atoms with Crippen LogP contribution in [-0.4, -0.2) is 4.57 Å². The predicted molar refractivity (Wildman–Crippen MR) is 131 cm³/mol. The van der Waals surface area contributed by atoms with Crippen molar-refractivity contribution in [1.82, 2.24) is 4.57 Å². The van der Waals surface area contributed by atoms with E-state index in [-0.39, 0.29) is 0 Å². The topological polar surface area (TPSA) is 8.81 Å². The van der Waals surface area contributed by atoms with Crippen molar-refractivity contribution in [3.05, 3.63) is 95.8 Å². The van der Waals surface area contributed by atoms with Gasteiger partial charge in [-0.1, -0.05) is 76.2 Å². The van der Waals surface area contributed by atoms with E-state index in [1.165, 1.54) is 44.9 Å². The lowest BCUT2D eigenvalue weighted by Gasteiger charge is -2.20. The Balaban J connectivity index is 2.04. The molecule has 0 bridgehead atoms. The van der Waals surface area contributed by atoms with Crippen molar-refractivity contribution in [3.8, 4) is 28.2 Å². The van der Waals surface area contributed by atoms with Gasteiger partial charge in [-0.3, -0.25) is 0 Å². The van der Waals surface area contributed by atoms with Crippen LogP contribution in [0.2, 0.25) is 0 Å². The first-order chi connectivity index (χ1) is 14.9. The van der Waals surface area contributed by atoms with E-state index in [2.05, 4.69) is 130 Å². The molecule has 0 unspecified atom stereocenters. The Kier molecular flexibility index (Phi) is 5.82. The molecule has 0 amide bonds. The molecule has 0 N–H and O–H groups in total. The normalized spacial score (nSPS) is 11.5. The molecule has 158 valence electrons. The number of rotatable bonds is 5. The average molecular weight is 410 g/mol. The van der Waals surface area contributed by atoms with Crippen LogP contribution in [0.25, 0.3) is 28.2 Å². The average Bonchev–Trinajstić information content (AvgIpc) is 3.14. The first-order valence-corrected chi connectivity index (χ1v) is 11.2. The number of aromatic nitrogens is 2. The zero-order chi connectivity index (χ0) is 22.1. The first kappa shape index (κ1) is 21.1. The van der Waals surface area contributed by atoms with E-state index >= 15 is 0 Å². The summed E-state index contributed by atoms with van der Waals surface area (Å²) in [6, 6.07) is 24.2. The third-order valence-corrected chi connectivity index (χ3v) is 6.15. The number of aryl methyl sites for hydroxylation is 2. The van der Waals surface area contributed by atoms with Crippen molar-refractivity contribution >= 4 is 0 Å². The molecule has 0 atom stereocenters. The SMILES string of the molecule is Cc1ccccc1-c1n(-c2c(C(C)C)cc(-c3ccccc3)cc2C(C)C)cc[n+]1C. The molecule has 4 aromatic rings. The molecule has 0 saturated heterocycles. The van der Waals surface area contributed by atoms with Crippen LogP contribution in [0.4, 0.5) is 0 Å². The van der Waals surface area contributed by atoms with Gasteiger partial charge in [0.25, 0.3) is 5.82 Å². The highest BCUT2D eigenvalue weighted by molar-refractivity contribution is 5.71. The van der Waals surface area contributed by atoms with Gasteiger partial charge in [0, 0.05) is 11.1 Å². The van der Waals surface area contributed by atoms with E-state index in [0.717, 1.165) is 0 Å². The van der Waals surface area contributed by atoms with Gasteiger partial charge in [0.2, 0.25) is 0 Å². The van der Waals surface area contributed by atoms with Gasteiger partial charge >= 0.3 is 0 Å². The van der Waals surface area contributed by atoms with Crippen molar-refractivity contribution < 1.29 is 4.57 Å². The summed E-state index contributed by atoms with van der Waals surface area (Å²) >= 11 is 0. The maximum Gasteiger partial charge on any atom is 0.294 e. The minimum absolute atomic E-state index is 0.411. The maximum atomic E-state index is 2.40. The molecule has 1 aromatic heterocycles. The molecule has 2 nitrogen and oxygen atoms in total. The largest absolute Gasteiger partial charge is 0.294 e. The summed E-state index contributed by atoms with van der Waals surface area (Å²) in [6.07, 6.45) is 4.39. The summed E-state index contributed by atoms with van der Waals surface area (Å²) in [6.45, 7) is 11.4. The third-order valence-electron chi connectivity index (χ3n) is 6.15. The Labute approximate surface area is 186 Å². The summed E-state index contributed by atoms with van der Waals surface area (Å²) in [7, 11) is 2.14. The Hall–Kier alpha value is -3.13. The van der Waals surface area contributed by atoms with Gasteiger partial charge in [0.1, 0.15) is 18.1 Å². The Morgan fingerprint density at radius 2 is 1.32 bits per heavy atom. The van der Waals surface area contributed by atoms with Gasteiger partial charge in [0.05, 0.1) is 12.6 Å². The van der Waals surface area contributed by atoms with Crippen LogP contribution in [0.15, 0.2) is 79.1 Å². The van der Waals surface area contributed by atoms with Crippen molar-refractivity contribution in [1.29, 1.82) is 0 Å². The molecule has 3 aromatic carbocycles. The summed E-state index contributed by atoms with van der Waals surface area (Å²) in [4.78, 5) is 0. The van der Waals surface area contributed by atoms with Gasteiger partial charge in [-0.05, 0) is 53.6 Å². The van der Waals surface area contributed by atoms with Crippen LogP contribution in [0.5, 0.6) is 0 Å². The highest BCUT2D eigenvalue weighted by Gasteiger charge is 2.27. The molecule has 31 heavy (non-hydrogen) atoms. The standard InChI is InChI=1S/C29H33N2/c1-20(2)26-18-24(23-13-8-7-9-14-23)19-27(21(3)4)28(26)31-17-16-30(6)29(31)25-15-11-10-12-22(25)5/h7-21H,1-6H3/q+1. The molecule has 1 heterocycles. The molecular weight excluding hydrogens is 376 g/mol. The van der Waals surface area contributed by atoms with Gasteiger partial charge in [-0.25, -0.2) is 4.57 Å². The molecule has 0 aliphatic heterocycles. The van der Waals surface area contributed by atoms with E-state index in [1.807, 2.05) is 0 Å². The Morgan fingerprint density at radius 3 is 1.90 bits per heavy atom. The van der Waals surface area contributed by atoms with Crippen molar-refractivity contribution in [2.45, 2.75) is 46.5 Å². The number of nitrogens with zero attached hydrogens (tertiary/aromatic N) is 2. The zero-order valence-corrected chi connectivity index (χ0v) is 19.6. The lowest BCUT2D eigenvalue weighted by Crippen LogP contribution is -2.29. The van der Waals surface area contributed by atoms with Crippen LogP contribution in [0.1, 0.15) is 56.2 Å². The van der Waals surface area contributed by atoms with E-state index in [0.29, 0.717) is 11.8 Å². The Bertz CT molecular complexity index is 1170. The fraction of sp³-hybridized carbons (Fsp3) is 0.276. The molecule has 4 rings (SSSR count). The number of imidazole rings is 1. The molecule has 0 aliphatic carbocycles. The number of benzene rings is 3. The maximum absolute atomic E-state index is 2.40. The summed E-state index contributed by atoms with van der Waals surface area (Å²) in [5.41, 5.74) is 9.22. The fourth-order valence-electron chi connectivity index (χ4n) is 4.44. The third kappa shape index (κ3) is 3.95. The van der Waals surface area contributed by atoms with Crippen LogP contribution in [0.3, 0.4) is 0 Å². The minimum Gasteiger partial charge on any atom is -0.232 e. The van der Waals surface area contributed by atoms with Gasteiger partial charge < -0.3 is 0 Å². The van der Waals surface area contributed by atoms with E-state index in [1.54, 1.807) is 0 Å². The second kappa shape index (κ2) is 8.55. The quantitative estimate of drug-likeness (QED) is 0.308. The number of hydrogen-bond acceptors (Lipinski definition) is 0. The van der Waals surface area contributed by atoms with Crippen LogP contribution < -0.4 is 4.57 Å². The van der Waals surface area contributed by atoms with E-state index < -0.39 is 0 Å². The molecule has 0 fully saturated rings. The van der Waals surface area contributed by atoms with E-state index in [4.69, 9.17) is 0 Å². The van der Waals surface area contributed by atoms with Crippen molar-refractivity contribution in [3.63, 3.8) is 0 Å². The summed E-state index contributed by atoms with van der Waals surface area (Å²) in [5, 5.41) is 0. The molecule has 0 radical (unpaired) electrons. The van der Waals surface area contributed by atoms with Gasteiger partial charge in [0.15, 0.2) is 0 Å². The second-order valence-corrected chi connectivity index (χ2v) is 9.10. The zero-order valence-electron chi connectivity index (χ0n) is 19.6. The second-order valence-electron chi connectivity index (χ2n) is 9.10. The minimum atomic E-state index is 0.411. The van der Waals surface area contributed by atoms with Gasteiger partial charge in [-0.2, -0.15) is 4.57 Å². The highest BCUT2D eigenvalue weighted by Crippen LogP contribution is 2.37. The Morgan fingerprint density at radius 1 is 0.742 bits per heavy atom. The highest BCUT2D eigenvalue weighted by atomic mass is 15.1. The summed E-state index contributed by atoms with van der Waals surface area (Å²) < 4.78 is 4.64. The van der Waals surface area contributed by atoms with E-state index in [9.17, 15) is 0 Å². The summed E-state index contributed by atoms with van der Waals surface area (Å²) in [5.74, 6) is 2.04. The monoisotopic (exact) mass is 409 g/mol. The molecule has 2 heteroatoms. The molecular formula is C29H33N2+. The first-order valence-electron chi connectivity index (χ1n) is 11.2. The van der Waals surface area contributed by atoms with Crippen LogP contribution >= 0.6 is 0 Å². The van der Waals surface area contributed by atoms with Crippen LogP contribution in [0, 0.1) is 6.92 Å². The lowest BCUT2D eigenvalue weighted by molar-refractivity contribution is -0.659. The number of hydrogen-bond donors (Lipinski definition) is 0. The molecule has 0 spiro atoms. The van der Waals surface area contributed by atoms with Crippen molar-refractivity contribution in [2.24, 2.45) is 7.05 Å². The van der Waals surface area contributed by atoms with Crippen molar-refractivity contribution in [2.75, 3.05) is 0 Å². The van der Waals surface area contributed by atoms with Gasteiger partial charge in [-0.15, -0.1) is 0 Å². The lowest BCUT2D eigenvalue weighted by atomic mass is 9.88. The molecule has 0 aliphatic rings. The smallest absolute Gasteiger partial charge is 0.232 e. The fourth-order valence-corrected chi connectivity index (χ4v) is 4.44. The predicted octanol–water partition coefficient (Wildman–Crippen LogP) is 7.19. The van der Waals surface area contributed by atoms with Crippen LogP contribution in [-0.2, 0) is 7.05 Å². The molecule has 0 saturated carbocycles.